The van der Waals surface area contributed by atoms with Crippen molar-refractivity contribution in [2.45, 2.75) is 18.7 Å². The Labute approximate surface area is 110 Å². The topological polar surface area (TPSA) is 96.2 Å². The molecule has 0 fully saturated rings. The zero-order chi connectivity index (χ0) is 14.0. The molecule has 0 unspecified atom stereocenters. The molecule has 0 spiro atoms. The van der Waals surface area contributed by atoms with Gasteiger partial charge in [0.25, 0.3) is 0 Å². The highest BCUT2D eigenvalue weighted by Gasteiger charge is 2.37. The third kappa shape index (κ3) is 2.52. The molecule has 0 saturated heterocycles. The van der Waals surface area contributed by atoms with Gasteiger partial charge in [-0.2, -0.15) is 0 Å². The summed E-state index contributed by atoms with van der Waals surface area (Å²) >= 11 is 0. The van der Waals surface area contributed by atoms with Crippen LogP contribution in [0.15, 0.2) is 12.1 Å². The van der Waals surface area contributed by atoms with Crippen LogP contribution in [0.3, 0.4) is 0 Å². The second-order valence-electron chi connectivity index (χ2n) is 4.42. The van der Waals surface area contributed by atoms with Crippen LogP contribution in [0.4, 0.5) is 0 Å². The number of fused-ring (bicyclic) bond motifs is 1. The SMILES string of the molecule is COc1ccc2c(c1C(=O)O)OB(O)[C@@H](CCO)C2. The van der Waals surface area contributed by atoms with Crippen LogP contribution in [0.5, 0.6) is 11.5 Å². The number of carboxylic acids is 1. The number of hydrogen-bond acceptors (Lipinski definition) is 5. The average molecular weight is 266 g/mol. The fourth-order valence-corrected chi connectivity index (χ4v) is 2.29. The van der Waals surface area contributed by atoms with Crippen LogP contribution in [0.2, 0.25) is 5.82 Å². The van der Waals surface area contributed by atoms with Crippen LogP contribution in [-0.4, -0.2) is 42.0 Å². The largest absolute Gasteiger partial charge is 0.535 e. The van der Waals surface area contributed by atoms with Gasteiger partial charge >= 0.3 is 13.1 Å². The van der Waals surface area contributed by atoms with Crippen molar-refractivity contribution in [1.29, 1.82) is 0 Å². The molecule has 0 aliphatic carbocycles. The average Bonchev–Trinajstić information content (AvgIpc) is 2.38. The fraction of sp³-hybridized carbons (Fsp3) is 0.417. The van der Waals surface area contributed by atoms with Gasteiger partial charge in [0.2, 0.25) is 0 Å². The van der Waals surface area contributed by atoms with E-state index in [0.717, 1.165) is 0 Å². The van der Waals surface area contributed by atoms with Gasteiger partial charge in [0, 0.05) is 12.4 Å². The van der Waals surface area contributed by atoms with Crippen LogP contribution in [0.25, 0.3) is 0 Å². The Kier molecular flexibility index (Phi) is 3.97. The molecule has 1 heterocycles. The molecule has 102 valence electrons. The molecule has 1 aliphatic heterocycles. The molecule has 0 bridgehead atoms. The molecular weight excluding hydrogens is 251 g/mol. The molecule has 0 saturated carbocycles. The first-order valence-corrected chi connectivity index (χ1v) is 5.97. The van der Waals surface area contributed by atoms with Crippen LogP contribution in [0, 0.1) is 0 Å². The Morgan fingerprint density at radius 2 is 2.32 bits per heavy atom. The van der Waals surface area contributed by atoms with Gasteiger partial charge in [0.15, 0.2) is 0 Å². The van der Waals surface area contributed by atoms with Crippen LogP contribution >= 0.6 is 0 Å². The molecule has 1 aromatic rings. The molecule has 0 amide bonds. The summed E-state index contributed by atoms with van der Waals surface area (Å²) in [5.41, 5.74) is 0.614. The van der Waals surface area contributed by atoms with Gasteiger partial charge in [0.1, 0.15) is 17.1 Å². The maximum absolute atomic E-state index is 11.3. The van der Waals surface area contributed by atoms with E-state index >= 15 is 0 Å². The van der Waals surface area contributed by atoms with Crippen molar-refractivity contribution in [2.24, 2.45) is 0 Å². The summed E-state index contributed by atoms with van der Waals surface area (Å²) < 4.78 is 10.3. The van der Waals surface area contributed by atoms with E-state index in [1.807, 2.05) is 0 Å². The first kappa shape index (κ1) is 13.7. The summed E-state index contributed by atoms with van der Waals surface area (Å²) in [6, 6.07) is 3.29. The van der Waals surface area contributed by atoms with E-state index in [1.165, 1.54) is 7.11 Å². The zero-order valence-electron chi connectivity index (χ0n) is 10.5. The highest BCUT2D eigenvalue weighted by atomic mass is 16.5. The molecule has 1 aromatic carbocycles. The molecular formula is C12H15BO6. The second kappa shape index (κ2) is 5.50. The summed E-state index contributed by atoms with van der Waals surface area (Å²) in [4.78, 5) is 11.3. The number of carboxylic acid groups (broad SMARTS) is 1. The van der Waals surface area contributed by atoms with E-state index in [-0.39, 0.29) is 29.5 Å². The first-order chi connectivity index (χ1) is 9.08. The van der Waals surface area contributed by atoms with Crippen molar-refractivity contribution in [3.8, 4) is 11.5 Å². The van der Waals surface area contributed by atoms with Gasteiger partial charge in [-0.15, -0.1) is 0 Å². The number of benzene rings is 1. The van der Waals surface area contributed by atoms with E-state index < -0.39 is 13.1 Å². The quantitative estimate of drug-likeness (QED) is 0.689. The lowest BCUT2D eigenvalue weighted by Gasteiger charge is -2.28. The fourth-order valence-electron chi connectivity index (χ4n) is 2.29. The van der Waals surface area contributed by atoms with Crippen molar-refractivity contribution >= 4 is 13.1 Å². The van der Waals surface area contributed by atoms with Gasteiger partial charge in [-0.25, -0.2) is 4.79 Å². The number of aromatic carboxylic acids is 1. The standard InChI is InChI=1S/C12H15BO6/c1-18-9-3-2-7-6-8(4-5-14)13(17)19-11(7)10(9)12(15)16/h2-3,8,14,17H,4-6H2,1H3,(H,15,16)/t8-/m0/s1. The third-order valence-corrected chi connectivity index (χ3v) is 3.26. The molecule has 2 rings (SSSR count). The monoisotopic (exact) mass is 266 g/mol. The lowest BCUT2D eigenvalue weighted by atomic mass is 9.65. The number of aliphatic hydroxyl groups excluding tert-OH is 1. The molecule has 1 atom stereocenters. The molecule has 1 aliphatic rings. The Balaban J connectivity index is 2.44. The second-order valence-corrected chi connectivity index (χ2v) is 4.42. The minimum absolute atomic E-state index is 0.0532. The van der Waals surface area contributed by atoms with E-state index in [2.05, 4.69) is 0 Å². The number of hydrogen-bond donors (Lipinski definition) is 3. The van der Waals surface area contributed by atoms with Gasteiger partial charge < -0.3 is 24.6 Å². The van der Waals surface area contributed by atoms with Crippen molar-refractivity contribution in [1.82, 2.24) is 0 Å². The number of aliphatic hydroxyl groups is 1. The summed E-state index contributed by atoms with van der Waals surface area (Å²) in [5, 5.41) is 28.0. The minimum atomic E-state index is -1.17. The molecule has 0 radical (unpaired) electrons. The summed E-state index contributed by atoms with van der Waals surface area (Å²) in [6.45, 7) is -0.0532. The molecule has 6 nitrogen and oxygen atoms in total. The minimum Gasteiger partial charge on any atom is -0.535 e. The van der Waals surface area contributed by atoms with E-state index in [1.54, 1.807) is 12.1 Å². The Morgan fingerprint density at radius 1 is 1.58 bits per heavy atom. The molecule has 7 heteroatoms. The highest BCUT2D eigenvalue weighted by Crippen LogP contribution is 2.39. The predicted octanol–water partition coefficient (Wildman–Crippen LogP) is 0.561. The van der Waals surface area contributed by atoms with E-state index in [0.29, 0.717) is 18.4 Å². The normalized spacial score (nSPS) is 17.6. The van der Waals surface area contributed by atoms with Gasteiger partial charge in [0.05, 0.1) is 7.11 Å². The van der Waals surface area contributed by atoms with Crippen LogP contribution in [-0.2, 0) is 6.42 Å². The van der Waals surface area contributed by atoms with Crippen molar-refractivity contribution in [3.05, 3.63) is 23.3 Å². The number of ether oxygens (including phenoxy) is 1. The molecule has 0 aromatic heterocycles. The number of carbonyl (C=O) groups is 1. The summed E-state index contributed by atoms with van der Waals surface area (Å²) in [5.74, 6) is -1.07. The highest BCUT2D eigenvalue weighted by molar-refractivity contribution is 6.46. The summed E-state index contributed by atoms with van der Waals surface area (Å²) in [6.07, 6.45) is 0.858. The van der Waals surface area contributed by atoms with E-state index in [9.17, 15) is 14.9 Å². The molecule has 19 heavy (non-hydrogen) atoms. The van der Waals surface area contributed by atoms with Crippen LogP contribution in [0.1, 0.15) is 22.3 Å². The Bertz CT molecular complexity index is 489. The van der Waals surface area contributed by atoms with Gasteiger partial charge in [-0.05, 0) is 24.5 Å². The predicted molar refractivity (Wildman–Crippen MR) is 67.7 cm³/mol. The van der Waals surface area contributed by atoms with Crippen LogP contribution < -0.4 is 9.39 Å². The number of rotatable bonds is 4. The maximum Gasteiger partial charge on any atom is 0.526 e. The molecule has 3 N–H and O–H groups in total. The zero-order valence-corrected chi connectivity index (χ0v) is 10.5. The smallest absolute Gasteiger partial charge is 0.526 e. The first-order valence-electron chi connectivity index (χ1n) is 5.97. The van der Waals surface area contributed by atoms with E-state index in [4.69, 9.17) is 14.5 Å². The maximum atomic E-state index is 11.3. The Morgan fingerprint density at radius 3 is 2.89 bits per heavy atom. The number of methoxy groups -OCH3 is 1. The Hall–Kier alpha value is -1.73. The van der Waals surface area contributed by atoms with Gasteiger partial charge in [-0.3, -0.25) is 0 Å². The lowest BCUT2D eigenvalue weighted by molar-refractivity contribution is 0.0690. The van der Waals surface area contributed by atoms with Gasteiger partial charge in [-0.1, -0.05) is 6.07 Å². The third-order valence-electron chi connectivity index (χ3n) is 3.26. The summed E-state index contributed by atoms with van der Waals surface area (Å²) in [7, 11) is 0.256. The van der Waals surface area contributed by atoms with Crippen molar-refractivity contribution < 1.29 is 29.4 Å². The van der Waals surface area contributed by atoms with Crippen molar-refractivity contribution in [2.75, 3.05) is 13.7 Å². The van der Waals surface area contributed by atoms with Crippen molar-refractivity contribution in [3.63, 3.8) is 0 Å². The lowest BCUT2D eigenvalue weighted by Crippen LogP contribution is -2.35.